The molecule has 4 heterocycles. The molecule has 1 amide bonds. The minimum atomic E-state index is 0.192. The van der Waals surface area contributed by atoms with Crippen LogP contribution in [0, 0.1) is 0 Å². The molecular weight excluding hydrogens is 388 g/mol. The topological polar surface area (TPSA) is 48.1 Å². The number of carbonyl (C=O) groups excluding carboxylic acids is 1. The van der Waals surface area contributed by atoms with Gasteiger partial charge in [-0.1, -0.05) is 30.3 Å². The van der Waals surface area contributed by atoms with E-state index < -0.39 is 0 Å². The summed E-state index contributed by atoms with van der Waals surface area (Å²) in [5.74, 6) is 0.192. The number of amides is 1. The van der Waals surface area contributed by atoms with E-state index in [1.165, 1.54) is 18.4 Å². The molecule has 0 spiro atoms. The maximum Gasteiger partial charge on any atom is 0.253 e. The van der Waals surface area contributed by atoms with E-state index in [-0.39, 0.29) is 5.91 Å². The van der Waals surface area contributed by atoms with Crippen molar-refractivity contribution in [2.45, 2.75) is 50.2 Å². The fourth-order valence-corrected chi connectivity index (χ4v) is 5.81. The van der Waals surface area contributed by atoms with Gasteiger partial charge in [0, 0.05) is 63.8 Å². The van der Waals surface area contributed by atoms with Crippen molar-refractivity contribution in [1.29, 1.82) is 0 Å². The predicted molar refractivity (Wildman–Crippen MR) is 122 cm³/mol. The fourth-order valence-electron chi connectivity index (χ4n) is 5.81. The Morgan fingerprint density at radius 3 is 2.52 bits per heavy atom. The van der Waals surface area contributed by atoms with Crippen molar-refractivity contribution in [2.24, 2.45) is 0 Å². The molecule has 3 unspecified atom stereocenters. The number of piperazine rings is 1. The van der Waals surface area contributed by atoms with Crippen LogP contribution in [0.25, 0.3) is 0 Å². The molecule has 4 aliphatic rings. The molecule has 5 rings (SSSR count). The highest BCUT2D eigenvalue weighted by Gasteiger charge is 2.35. The van der Waals surface area contributed by atoms with Crippen LogP contribution >= 0.6 is 0 Å². The first-order valence-electron chi connectivity index (χ1n) is 12.1. The summed E-state index contributed by atoms with van der Waals surface area (Å²) in [6.45, 7) is 8.12. The third-order valence-corrected chi connectivity index (χ3v) is 7.61. The van der Waals surface area contributed by atoms with Crippen molar-refractivity contribution in [2.75, 3.05) is 52.4 Å². The van der Waals surface area contributed by atoms with E-state index in [1.807, 2.05) is 4.90 Å². The van der Waals surface area contributed by atoms with Crippen LogP contribution < -0.4 is 5.32 Å². The van der Waals surface area contributed by atoms with Crippen molar-refractivity contribution in [3.8, 4) is 0 Å². The van der Waals surface area contributed by atoms with Crippen LogP contribution in [0.5, 0.6) is 0 Å². The lowest BCUT2D eigenvalue weighted by Crippen LogP contribution is -2.56. The lowest BCUT2D eigenvalue weighted by atomic mass is 9.93. The molecule has 0 bridgehead atoms. The van der Waals surface area contributed by atoms with Crippen LogP contribution in [0.1, 0.15) is 31.2 Å². The van der Waals surface area contributed by atoms with Gasteiger partial charge in [0.1, 0.15) is 0 Å². The Labute approximate surface area is 186 Å². The first-order valence-corrected chi connectivity index (χ1v) is 12.1. The van der Waals surface area contributed by atoms with Crippen molar-refractivity contribution in [3.05, 3.63) is 47.7 Å². The zero-order valence-corrected chi connectivity index (χ0v) is 18.5. The second-order valence-electron chi connectivity index (χ2n) is 9.55. The highest BCUT2D eigenvalue weighted by atomic mass is 16.5. The number of hydrogen-bond acceptors (Lipinski definition) is 5. The molecule has 6 nitrogen and oxygen atoms in total. The largest absolute Gasteiger partial charge is 0.500 e. The number of nitrogens with one attached hydrogen (secondary N) is 1. The van der Waals surface area contributed by atoms with Gasteiger partial charge in [-0.25, -0.2) is 0 Å². The van der Waals surface area contributed by atoms with E-state index >= 15 is 0 Å². The highest BCUT2D eigenvalue weighted by Crippen LogP contribution is 2.24. The summed E-state index contributed by atoms with van der Waals surface area (Å²) >= 11 is 0. The van der Waals surface area contributed by atoms with Crippen LogP contribution in [0.2, 0.25) is 0 Å². The quantitative estimate of drug-likeness (QED) is 0.782. The van der Waals surface area contributed by atoms with Crippen molar-refractivity contribution < 1.29 is 9.53 Å². The molecule has 3 saturated heterocycles. The van der Waals surface area contributed by atoms with E-state index in [0.29, 0.717) is 24.7 Å². The average Bonchev–Trinajstić information content (AvgIpc) is 3.53. The number of ether oxygens (including phenoxy) is 1. The molecule has 4 aliphatic heterocycles. The Hall–Kier alpha value is -1.89. The van der Waals surface area contributed by atoms with Gasteiger partial charge < -0.3 is 15.0 Å². The standard InChI is InChI=1S/C25H36N4O2/c30-25(21-8-15-31-19-21)29-10-7-24(18-29)28-13-11-27(12-14-28)23-6-9-26-22(17-23)16-20-4-2-1-3-5-20/h1-5,19,22-24,26H,6-18H2. The van der Waals surface area contributed by atoms with Crippen molar-refractivity contribution in [3.63, 3.8) is 0 Å². The molecule has 0 aromatic heterocycles. The summed E-state index contributed by atoms with van der Waals surface area (Å²) in [5, 5.41) is 3.74. The highest BCUT2D eigenvalue weighted by molar-refractivity contribution is 5.93. The van der Waals surface area contributed by atoms with E-state index in [1.54, 1.807) is 6.26 Å². The average molecular weight is 425 g/mol. The molecule has 0 radical (unpaired) electrons. The molecule has 0 aliphatic carbocycles. The SMILES string of the molecule is O=C(C1=COCC1)N1CCC(N2CCN(C3CCNC(Cc4ccccc4)C3)CC2)C1. The second-order valence-corrected chi connectivity index (χ2v) is 9.55. The number of piperidine rings is 1. The smallest absolute Gasteiger partial charge is 0.253 e. The summed E-state index contributed by atoms with van der Waals surface area (Å²) in [4.78, 5) is 20.0. The van der Waals surface area contributed by atoms with Gasteiger partial charge in [0.25, 0.3) is 5.91 Å². The Kier molecular flexibility index (Phi) is 6.58. The van der Waals surface area contributed by atoms with Crippen LogP contribution in [0.4, 0.5) is 0 Å². The van der Waals surface area contributed by atoms with E-state index in [0.717, 1.165) is 70.6 Å². The number of hydrogen-bond donors (Lipinski definition) is 1. The third kappa shape index (κ3) is 4.97. The number of benzene rings is 1. The van der Waals surface area contributed by atoms with Crippen molar-refractivity contribution >= 4 is 5.91 Å². The van der Waals surface area contributed by atoms with Gasteiger partial charge in [0.15, 0.2) is 0 Å². The third-order valence-electron chi connectivity index (χ3n) is 7.61. The van der Waals surface area contributed by atoms with Gasteiger partial charge in [-0.05, 0) is 37.8 Å². The summed E-state index contributed by atoms with van der Waals surface area (Å²) in [5.41, 5.74) is 2.28. The Morgan fingerprint density at radius 2 is 1.77 bits per heavy atom. The van der Waals surface area contributed by atoms with Gasteiger partial charge in [-0.2, -0.15) is 0 Å². The molecule has 3 fully saturated rings. The molecule has 168 valence electrons. The molecule has 1 N–H and O–H groups in total. The zero-order valence-electron chi connectivity index (χ0n) is 18.5. The van der Waals surface area contributed by atoms with Crippen LogP contribution in [0.15, 0.2) is 42.2 Å². The zero-order chi connectivity index (χ0) is 21.0. The minimum absolute atomic E-state index is 0.192. The fraction of sp³-hybridized carbons (Fsp3) is 0.640. The van der Waals surface area contributed by atoms with Crippen LogP contribution in [-0.4, -0.2) is 91.2 Å². The summed E-state index contributed by atoms with van der Waals surface area (Å²) in [6.07, 6.45) is 7.17. The molecule has 3 atom stereocenters. The lowest BCUT2D eigenvalue weighted by Gasteiger charge is -2.44. The summed E-state index contributed by atoms with van der Waals surface area (Å²) in [7, 11) is 0. The van der Waals surface area contributed by atoms with E-state index in [9.17, 15) is 4.79 Å². The first kappa shape index (κ1) is 21.0. The molecule has 0 saturated carbocycles. The molecular formula is C25H36N4O2. The molecule has 6 heteroatoms. The Bertz CT molecular complexity index is 775. The van der Waals surface area contributed by atoms with Gasteiger partial charge in [-0.3, -0.25) is 14.6 Å². The van der Waals surface area contributed by atoms with Crippen molar-refractivity contribution in [1.82, 2.24) is 20.0 Å². The number of nitrogens with zero attached hydrogens (tertiary/aromatic N) is 3. The second kappa shape index (κ2) is 9.72. The molecule has 1 aromatic rings. The number of rotatable bonds is 5. The normalized spacial score (nSPS) is 30.3. The number of carbonyl (C=O) groups is 1. The monoisotopic (exact) mass is 424 g/mol. The maximum atomic E-state index is 12.6. The number of likely N-dealkylation sites (tertiary alicyclic amines) is 1. The van der Waals surface area contributed by atoms with Gasteiger partial charge in [0.2, 0.25) is 0 Å². The Balaban J connectivity index is 1.08. The molecule has 31 heavy (non-hydrogen) atoms. The molecule has 1 aromatic carbocycles. The summed E-state index contributed by atoms with van der Waals surface area (Å²) in [6, 6.07) is 12.7. The van der Waals surface area contributed by atoms with E-state index in [4.69, 9.17) is 4.74 Å². The predicted octanol–water partition coefficient (Wildman–Crippen LogP) is 1.87. The Morgan fingerprint density at radius 1 is 1.00 bits per heavy atom. The maximum absolute atomic E-state index is 12.6. The van der Waals surface area contributed by atoms with Gasteiger partial charge in [-0.15, -0.1) is 0 Å². The lowest BCUT2D eigenvalue weighted by molar-refractivity contribution is -0.126. The van der Waals surface area contributed by atoms with Gasteiger partial charge in [0.05, 0.1) is 18.4 Å². The minimum Gasteiger partial charge on any atom is -0.500 e. The van der Waals surface area contributed by atoms with Crippen LogP contribution in [0.3, 0.4) is 0 Å². The summed E-state index contributed by atoms with van der Waals surface area (Å²) < 4.78 is 5.26. The van der Waals surface area contributed by atoms with Crippen LogP contribution in [-0.2, 0) is 16.0 Å². The first-order chi connectivity index (χ1) is 15.3. The van der Waals surface area contributed by atoms with Gasteiger partial charge >= 0.3 is 0 Å². The van der Waals surface area contributed by atoms with E-state index in [2.05, 4.69) is 45.4 Å².